The molecule has 122 heavy (non-hydrogen) atoms. The van der Waals surface area contributed by atoms with Gasteiger partial charge in [-0.2, -0.15) is 9.97 Å². The van der Waals surface area contributed by atoms with Gasteiger partial charge in [0.25, 0.3) is 0 Å². The normalized spacial score (nSPS) is 13.0. The van der Waals surface area contributed by atoms with E-state index in [1.807, 2.05) is 170 Å². The molecular formula is C104H70BClN10O4S2. The Morgan fingerprint density at radius 2 is 0.607 bits per heavy atom. The van der Waals surface area contributed by atoms with Crippen molar-refractivity contribution in [1.82, 2.24) is 49.8 Å². The van der Waals surface area contributed by atoms with Gasteiger partial charge in [0.1, 0.15) is 22.3 Å². The van der Waals surface area contributed by atoms with Gasteiger partial charge >= 0.3 is 7.12 Å². The Morgan fingerprint density at radius 3 is 1.03 bits per heavy atom. The molecule has 14 aromatic carbocycles. The van der Waals surface area contributed by atoms with Crippen LogP contribution >= 0.6 is 34.3 Å². The van der Waals surface area contributed by atoms with Gasteiger partial charge in [0, 0.05) is 91.8 Å². The Labute approximate surface area is 714 Å². The summed E-state index contributed by atoms with van der Waals surface area (Å²) in [6.45, 7) is 8.27. The Morgan fingerprint density at radius 1 is 0.262 bits per heavy atom. The van der Waals surface area contributed by atoms with Crippen LogP contribution in [0.25, 0.3) is 209 Å². The average Bonchev–Trinajstić information content (AvgIpc) is 1.57. The topological polar surface area (TPSA) is 174 Å². The van der Waals surface area contributed by atoms with Crippen molar-refractivity contribution in [2.75, 3.05) is 0 Å². The van der Waals surface area contributed by atoms with Crippen LogP contribution in [-0.2, 0) is 9.31 Å². The number of halogens is 1. The monoisotopic (exact) mass is 1630 g/mol. The van der Waals surface area contributed by atoms with E-state index in [9.17, 15) is 0 Å². The summed E-state index contributed by atoms with van der Waals surface area (Å²) in [5.74, 6) is 4.28. The summed E-state index contributed by atoms with van der Waals surface area (Å²) in [6, 6.07) is 119. The van der Waals surface area contributed by atoms with Crippen molar-refractivity contribution < 1.29 is 18.1 Å². The number of rotatable bonds is 12. The zero-order valence-corrected chi connectivity index (χ0v) is 68.8. The zero-order chi connectivity index (χ0) is 82.0. The molecule has 0 aliphatic carbocycles. The lowest BCUT2D eigenvalue weighted by atomic mass is 9.79. The van der Waals surface area contributed by atoms with Crippen LogP contribution in [0.2, 0.25) is 5.28 Å². The van der Waals surface area contributed by atoms with Crippen LogP contribution < -0.4 is 5.46 Å². The molecule has 22 aromatic rings. The predicted molar refractivity (Wildman–Crippen MR) is 498 cm³/mol. The second-order valence-electron chi connectivity index (χ2n) is 30.9. The van der Waals surface area contributed by atoms with Gasteiger partial charge in [-0.3, -0.25) is 0 Å². The lowest BCUT2D eigenvalue weighted by molar-refractivity contribution is 0.00578. The van der Waals surface area contributed by atoms with Gasteiger partial charge in [0.15, 0.2) is 40.8 Å². The summed E-state index contributed by atoms with van der Waals surface area (Å²) in [5.41, 5.74) is 20.0. The molecule has 1 saturated heterocycles. The van der Waals surface area contributed by atoms with Gasteiger partial charge < -0.3 is 18.1 Å². The summed E-state index contributed by atoms with van der Waals surface area (Å²) in [4.78, 5) is 48.9. The first-order chi connectivity index (χ1) is 59.8. The number of aromatic nitrogens is 10. The molecule has 0 radical (unpaired) electrons. The quantitative estimate of drug-likeness (QED) is 0.106. The zero-order valence-electron chi connectivity index (χ0n) is 66.4. The first kappa shape index (κ1) is 75.1. The molecule has 1 fully saturated rings. The maximum Gasteiger partial charge on any atom is 0.494 e. The third-order valence-electron chi connectivity index (χ3n) is 22.6. The molecule has 0 N–H and O–H groups in total. The molecule has 18 heteroatoms. The summed E-state index contributed by atoms with van der Waals surface area (Å²) < 4.78 is 30.3. The van der Waals surface area contributed by atoms with E-state index in [1.54, 1.807) is 22.7 Å². The molecule has 0 saturated carbocycles. The van der Waals surface area contributed by atoms with Crippen LogP contribution in [0.3, 0.4) is 0 Å². The fourth-order valence-corrected chi connectivity index (χ4v) is 18.3. The van der Waals surface area contributed by atoms with Crippen molar-refractivity contribution in [3.63, 3.8) is 0 Å². The molecule has 0 spiro atoms. The Hall–Kier alpha value is -14.4. The highest BCUT2D eigenvalue weighted by molar-refractivity contribution is 7.26. The van der Waals surface area contributed by atoms with E-state index in [-0.39, 0.29) is 5.28 Å². The van der Waals surface area contributed by atoms with E-state index in [1.165, 1.54) is 15.0 Å². The fourth-order valence-electron chi connectivity index (χ4n) is 15.8. The molecule has 0 bridgehead atoms. The van der Waals surface area contributed by atoms with E-state index in [0.717, 1.165) is 159 Å². The minimum atomic E-state index is -0.469. The standard InChI is InChI=1S/C49H29N5OS.C40H31BN2O3S.C15H10ClN3/c1-4-14-30(15-5-1)33-20-12-21-34(28-33)43-45-44(37-22-10-11-25-41(37)56-45)51-49(50-43)38-23-13-24-39-42(38)36-27-26-35(29-40(36)55-39)48-53-46(31-16-6-2-7-17-31)52-47(54-48)32-18-8-3-9-19-32;1-39(2)40(3,4)46-41(45-39)27-20-21-28-32(23-27)44-31-18-11-17-30(34(28)31)38-42-35(37-36(43-38)29-16-8-9-19-33(29)47-37)26-15-10-14-25(22-26)24-12-6-5-7-13-24;16-15-18-13(11-7-3-1-4-8-11)17-14(19-15)12-9-5-2-6-10-12/h1-29H;5-23H,1-4H3;1-10H. The lowest BCUT2D eigenvalue weighted by Gasteiger charge is -2.32. The minimum Gasteiger partial charge on any atom is -0.456 e. The summed E-state index contributed by atoms with van der Waals surface area (Å²) in [7, 11) is -0.469. The van der Waals surface area contributed by atoms with Gasteiger partial charge in [-0.15, -0.1) is 22.7 Å². The number of hydrogen-bond acceptors (Lipinski definition) is 16. The van der Waals surface area contributed by atoms with Crippen molar-refractivity contribution in [3.8, 4) is 124 Å². The lowest BCUT2D eigenvalue weighted by Crippen LogP contribution is -2.41. The van der Waals surface area contributed by atoms with Gasteiger partial charge in [-0.25, -0.2) is 39.9 Å². The highest BCUT2D eigenvalue weighted by atomic mass is 35.5. The first-order valence-electron chi connectivity index (χ1n) is 40.2. The highest BCUT2D eigenvalue weighted by Gasteiger charge is 2.52. The maximum atomic E-state index is 6.60. The molecular weight excluding hydrogens is 1560 g/mol. The predicted octanol–water partition coefficient (Wildman–Crippen LogP) is 26.8. The van der Waals surface area contributed by atoms with Crippen LogP contribution in [0, 0.1) is 0 Å². The summed E-state index contributed by atoms with van der Waals surface area (Å²) in [5, 5.41) is 6.37. The SMILES string of the molecule is CC1(C)OB(c2ccc3c(c2)oc2cccc(-c4nc(-c5cccc(-c6ccccc6)c5)c5sc6ccccc6c5n4)c23)OC1(C)C.Clc1nc(-c2ccccc2)nc(-c2ccccc2)n1.c1ccc(-c2cccc(-c3nc(-c4cccc5oc6cc(-c7nc(-c8ccccc8)nc(-c8ccccc8)n7)ccc6c45)nc4c3sc3ccccc34)c2)cc1. The number of benzene rings is 14. The third kappa shape index (κ3) is 14.3. The van der Waals surface area contributed by atoms with Crippen LogP contribution in [0.4, 0.5) is 0 Å². The highest BCUT2D eigenvalue weighted by Crippen LogP contribution is 2.47. The van der Waals surface area contributed by atoms with E-state index in [4.69, 9.17) is 64.6 Å². The molecule has 8 aromatic heterocycles. The summed E-state index contributed by atoms with van der Waals surface area (Å²) in [6.07, 6.45) is 0. The molecule has 0 unspecified atom stereocenters. The molecule has 14 nitrogen and oxygen atoms in total. The number of hydrogen-bond donors (Lipinski definition) is 0. The van der Waals surface area contributed by atoms with Crippen LogP contribution in [-0.4, -0.2) is 68.2 Å². The largest absolute Gasteiger partial charge is 0.494 e. The summed E-state index contributed by atoms with van der Waals surface area (Å²) >= 11 is 9.47. The van der Waals surface area contributed by atoms with E-state index in [2.05, 4.69) is 225 Å². The Balaban J connectivity index is 0.000000125. The molecule has 1 aliphatic heterocycles. The van der Waals surface area contributed by atoms with Gasteiger partial charge in [0.05, 0.1) is 43.0 Å². The van der Waals surface area contributed by atoms with E-state index >= 15 is 0 Å². The van der Waals surface area contributed by atoms with E-state index in [0.29, 0.717) is 40.8 Å². The van der Waals surface area contributed by atoms with Crippen molar-refractivity contribution in [2.24, 2.45) is 0 Å². The number of fused-ring (bicyclic) bond motifs is 12. The van der Waals surface area contributed by atoms with Crippen molar-refractivity contribution in [1.29, 1.82) is 0 Å². The van der Waals surface area contributed by atoms with E-state index < -0.39 is 18.3 Å². The molecule has 23 rings (SSSR count). The molecule has 1 aliphatic rings. The van der Waals surface area contributed by atoms with Crippen LogP contribution in [0.5, 0.6) is 0 Å². The third-order valence-corrected chi connectivity index (χ3v) is 25.1. The van der Waals surface area contributed by atoms with Gasteiger partial charge in [-0.1, -0.05) is 297 Å². The van der Waals surface area contributed by atoms with Crippen LogP contribution in [0.15, 0.2) is 361 Å². The molecule has 9 heterocycles. The molecule has 582 valence electrons. The number of nitrogens with zero attached hydrogens (tertiary/aromatic N) is 10. The maximum absolute atomic E-state index is 6.60. The number of furan rings is 2. The Bertz CT molecular complexity index is 7620. The average molecular weight is 1630 g/mol. The molecule has 0 atom stereocenters. The van der Waals surface area contributed by atoms with Crippen molar-refractivity contribution in [3.05, 3.63) is 357 Å². The van der Waals surface area contributed by atoms with Gasteiger partial charge in [-0.05, 0) is 122 Å². The second kappa shape index (κ2) is 31.4. The van der Waals surface area contributed by atoms with Gasteiger partial charge in [0.2, 0.25) is 5.28 Å². The second-order valence-corrected chi connectivity index (χ2v) is 33.3. The number of thiophene rings is 2. The first-order valence-corrected chi connectivity index (χ1v) is 42.2. The van der Waals surface area contributed by atoms with Crippen molar-refractivity contribution >= 4 is 131 Å². The Kier molecular flexibility index (Phi) is 19.3. The van der Waals surface area contributed by atoms with Crippen molar-refractivity contribution in [2.45, 2.75) is 38.9 Å². The van der Waals surface area contributed by atoms with Crippen LogP contribution in [0.1, 0.15) is 27.7 Å². The minimum absolute atomic E-state index is 0.202. The smallest absolute Gasteiger partial charge is 0.456 e. The fraction of sp³-hybridized carbons (Fsp3) is 0.0577. The molecule has 0 amide bonds.